The van der Waals surface area contributed by atoms with E-state index in [0.717, 1.165) is 31.7 Å². The van der Waals surface area contributed by atoms with Crippen molar-refractivity contribution in [2.45, 2.75) is 13.0 Å². The molecule has 3 rings (SSSR count). The van der Waals surface area contributed by atoms with Gasteiger partial charge in [-0.15, -0.1) is 0 Å². The van der Waals surface area contributed by atoms with Crippen LogP contribution >= 0.6 is 0 Å². The molecular formula is C12H14FN3O. The molecule has 1 unspecified atom stereocenters. The summed E-state index contributed by atoms with van der Waals surface area (Å²) in [5, 5.41) is 0. The molecule has 90 valence electrons. The lowest BCUT2D eigenvalue weighted by Gasteiger charge is -2.10. The van der Waals surface area contributed by atoms with Crippen LogP contribution < -0.4 is 5.73 Å². The third-order valence-electron chi connectivity index (χ3n) is 3.22. The van der Waals surface area contributed by atoms with Gasteiger partial charge in [-0.2, -0.15) is 0 Å². The Hall–Kier alpha value is -1.62. The molecule has 1 aliphatic rings. The van der Waals surface area contributed by atoms with E-state index < -0.39 is 0 Å². The zero-order chi connectivity index (χ0) is 11.8. The first-order valence-corrected chi connectivity index (χ1v) is 5.73. The van der Waals surface area contributed by atoms with Crippen LogP contribution in [0.5, 0.6) is 0 Å². The zero-order valence-electron chi connectivity index (χ0n) is 9.40. The molecule has 0 saturated carbocycles. The molecule has 1 aromatic heterocycles. The largest absolute Gasteiger partial charge is 0.381 e. The molecule has 17 heavy (non-hydrogen) atoms. The van der Waals surface area contributed by atoms with Crippen molar-refractivity contribution < 1.29 is 9.13 Å². The molecule has 0 amide bonds. The van der Waals surface area contributed by atoms with Crippen LogP contribution in [0.25, 0.3) is 11.0 Å². The van der Waals surface area contributed by atoms with Crippen LogP contribution in [-0.4, -0.2) is 22.8 Å². The average molecular weight is 235 g/mol. The summed E-state index contributed by atoms with van der Waals surface area (Å²) < 4.78 is 20.7. The van der Waals surface area contributed by atoms with Crippen molar-refractivity contribution in [1.29, 1.82) is 0 Å². The molecule has 2 aromatic rings. The van der Waals surface area contributed by atoms with Gasteiger partial charge in [0.25, 0.3) is 0 Å². The summed E-state index contributed by atoms with van der Waals surface area (Å²) in [6, 6.07) is 4.93. The minimum atomic E-state index is -0.323. The molecule has 1 aromatic carbocycles. The Balaban J connectivity index is 2.02. The number of rotatable bonds is 2. The number of hydrogen-bond donors (Lipinski definition) is 1. The van der Waals surface area contributed by atoms with E-state index in [1.807, 2.05) is 10.6 Å². The van der Waals surface area contributed by atoms with Crippen molar-refractivity contribution in [2.75, 3.05) is 18.9 Å². The smallest absolute Gasteiger partial charge is 0.201 e. The Morgan fingerprint density at radius 1 is 1.53 bits per heavy atom. The van der Waals surface area contributed by atoms with Gasteiger partial charge in [0.2, 0.25) is 5.95 Å². The summed E-state index contributed by atoms with van der Waals surface area (Å²) in [6.45, 7) is 2.28. The molecule has 1 atom stereocenters. The highest BCUT2D eigenvalue weighted by atomic mass is 19.1. The van der Waals surface area contributed by atoms with E-state index in [2.05, 4.69) is 4.98 Å². The standard InChI is InChI=1S/C12H14FN3O/c13-9-2-1-3-10-11(9)15-12(14)16(10)6-8-4-5-17-7-8/h1-3,8H,4-7H2,(H2,14,15). The van der Waals surface area contributed by atoms with E-state index in [1.54, 1.807) is 6.07 Å². The normalized spacial score (nSPS) is 20.2. The Kier molecular flexibility index (Phi) is 2.48. The number of nitrogens with two attached hydrogens (primary N) is 1. The number of nitrogens with zero attached hydrogens (tertiary/aromatic N) is 2. The van der Waals surface area contributed by atoms with Gasteiger partial charge in [-0.3, -0.25) is 0 Å². The fourth-order valence-electron chi connectivity index (χ4n) is 2.31. The van der Waals surface area contributed by atoms with E-state index in [-0.39, 0.29) is 5.82 Å². The van der Waals surface area contributed by atoms with Crippen LogP contribution in [0.2, 0.25) is 0 Å². The van der Waals surface area contributed by atoms with Crippen LogP contribution in [-0.2, 0) is 11.3 Å². The van der Waals surface area contributed by atoms with Crippen molar-refractivity contribution in [3.05, 3.63) is 24.0 Å². The first-order chi connectivity index (χ1) is 8.25. The molecule has 0 aliphatic carbocycles. The SMILES string of the molecule is Nc1nc2c(F)cccc2n1CC1CCOC1. The van der Waals surface area contributed by atoms with Crippen LogP contribution in [0.15, 0.2) is 18.2 Å². The second-order valence-corrected chi connectivity index (χ2v) is 4.42. The highest BCUT2D eigenvalue weighted by Gasteiger charge is 2.19. The number of aromatic nitrogens is 2. The fraction of sp³-hybridized carbons (Fsp3) is 0.417. The number of benzene rings is 1. The highest BCUT2D eigenvalue weighted by Crippen LogP contribution is 2.24. The lowest BCUT2D eigenvalue weighted by Crippen LogP contribution is -2.12. The van der Waals surface area contributed by atoms with Gasteiger partial charge in [0.05, 0.1) is 12.1 Å². The van der Waals surface area contributed by atoms with Crippen molar-refractivity contribution in [3.8, 4) is 0 Å². The molecular weight excluding hydrogens is 221 g/mol. The molecule has 0 bridgehead atoms. The first kappa shape index (κ1) is 10.5. The molecule has 5 heteroatoms. The minimum Gasteiger partial charge on any atom is -0.381 e. The fourth-order valence-corrected chi connectivity index (χ4v) is 2.31. The summed E-state index contributed by atoms with van der Waals surface area (Å²) >= 11 is 0. The number of para-hydroxylation sites is 1. The second kappa shape index (κ2) is 4.00. The topological polar surface area (TPSA) is 53.1 Å². The number of fused-ring (bicyclic) bond motifs is 1. The van der Waals surface area contributed by atoms with E-state index in [4.69, 9.17) is 10.5 Å². The predicted molar refractivity (Wildman–Crippen MR) is 63.0 cm³/mol. The van der Waals surface area contributed by atoms with Gasteiger partial charge in [-0.1, -0.05) is 6.07 Å². The van der Waals surface area contributed by atoms with E-state index >= 15 is 0 Å². The van der Waals surface area contributed by atoms with Crippen molar-refractivity contribution in [2.24, 2.45) is 5.92 Å². The van der Waals surface area contributed by atoms with Crippen molar-refractivity contribution >= 4 is 17.0 Å². The van der Waals surface area contributed by atoms with Gasteiger partial charge in [-0.05, 0) is 18.6 Å². The van der Waals surface area contributed by atoms with Gasteiger partial charge < -0.3 is 15.0 Å². The summed E-state index contributed by atoms with van der Waals surface area (Å²) in [6.07, 6.45) is 1.02. The summed E-state index contributed by atoms with van der Waals surface area (Å²) in [5.74, 6) is 0.491. The molecule has 2 heterocycles. The number of imidazole rings is 1. The average Bonchev–Trinajstić information content (AvgIpc) is 2.91. The third kappa shape index (κ3) is 1.76. The van der Waals surface area contributed by atoms with Gasteiger partial charge >= 0.3 is 0 Å². The predicted octanol–water partition coefficient (Wildman–Crippen LogP) is 1.79. The zero-order valence-corrected chi connectivity index (χ0v) is 9.40. The maximum Gasteiger partial charge on any atom is 0.201 e. The Labute approximate surface area is 98.2 Å². The molecule has 2 N–H and O–H groups in total. The Bertz CT molecular complexity index is 546. The van der Waals surface area contributed by atoms with E-state index in [0.29, 0.717) is 17.4 Å². The van der Waals surface area contributed by atoms with E-state index in [9.17, 15) is 4.39 Å². The quantitative estimate of drug-likeness (QED) is 0.863. The van der Waals surface area contributed by atoms with Crippen LogP contribution in [0, 0.1) is 11.7 Å². The minimum absolute atomic E-state index is 0.323. The molecule has 0 spiro atoms. The van der Waals surface area contributed by atoms with Crippen LogP contribution in [0.1, 0.15) is 6.42 Å². The van der Waals surface area contributed by atoms with Crippen molar-refractivity contribution in [1.82, 2.24) is 9.55 Å². The number of hydrogen-bond acceptors (Lipinski definition) is 3. The molecule has 1 fully saturated rings. The summed E-state index contributed by atoms with van der Waals surface area (Å²) in [5.41, 5.74) is 6.95. The molecule has 4 nitrogen and oxygen atoms in total. The summed E-state index contributed by atoms with van der Waals surface area (Å²) in [4.78, 5) is 4.08. The van der Waals surface area contributed by atoms with Gasteiger partial charge in [0.15, 0.2) is 5.82 Å². The number of anilines is 1. The van der Waals surface area contributed by atoms with Gasteiger partial charge in [0, 0.05) is 19.1 Å². The maximum atomic E-state index is 13.5. The monoisotopic (exact) mass is 235 g/mol. The van der Waals surface area contributed by atoms with Crippen molar-refractivity contribution in [3.63, 3.8) is 0 Å². The molecule has 1 aliphatic heterocycles. The van der Waals surface area contributed by atoms with Gasteiger partial charge in [-0.25, -0.2) is 9.37 Å². The van der Waals surface area contributed by atoms with Gasteiger partial charge in [0.1, 0.15) is 5.52 Å². The highest BCUT2D eigenvalue weighted by molar-refractivity contribution is 5.78. The summed E-state index contributed by atoms with van der Waals surface area (Å²) in [7, 11) is 0. The van der Waals surface area contributed by atoms with E-state index in [1.165, 1.54) is 6.07 Å². The van der Waals surface area contributed by atoms with Crippen LogP contribution in [0.3, 0.4) is 0 Å². The molecule has 0 radical (unpaired) electrons. The Morgan fingerprint density at radius 3 is 3.18 bits per heavy atom. The Morgan fingerprint density at radius 2 is 2.41 bits per heavy atom. The van der Waals surface area contributed by atoms with Crippen LogP contribution in [0.4, 0.5) is 10.3 Å². The number of halogens is 1. The second-order valence-electron chi connectivity index (χ2n) is 4.42. The maximum absolute atomic E-state index is 13.5. The lowest BCUT2D eigenvalue weighted by atomic mass is 10.1. The number of nitrogen functional groups attached to an aromatic ring is 1. The number of ether oxygens (including phenoxy) is 1. The third-order valence-corrected chi connectivity index (χ3v) is 3.22. The molecule has 1 saturated heterocycles. The lowest BCUT2D eigenvalue weighted by molar-refractivity contribution is 0.183. The first-order valence-electron chi connectivity index (χ1n) is 5.73.